The van der Waals surface area contributed by atoms with Crippen molar-refractivity contribution in [3.8, 4) is 33.4 Å². The molecule has 0 bridgehead atoms. The van der Waals surface area contributed by atoms with Crippen LogP contribution in [0.4, 0.5) is 11.4 Å². The van der Waals surface area contributed by atoms with Crippen molar-refractivity contribution < 1.29 is 9.59 Å². The monoisotopic (exact) mass is 795 g/mol. The fourth-order valence-electron chi connectivity index (χ4n) is 12.1. The van der Waals surface area contributed by atoms with Crippen LogP contribution >= 0.6 is 0 Å². The SMILES string of the molecule is CC1(C)c2ccccc2-c2ccc(N3/C(=C\C=C4C(=O)c5cc6ccccc6cc5C4=O)C4(c5ccccc5-c5ccccc54)c4cc5c(cc43)C(C)(C)c3ccccc3-5)cc21. The molecule has 0 aromatic heterocycles. The van der Waals surface area contributed by atoms with E-state index >= 15 is 0 Å². The average molecular weight is 796 g/mol. The topological polar surface area (TPSA) is 37.4 Å². The Hall–Kier alpha value is -7.36. The van der Waals surface area contributed by atoms with Crippen LogP contribution in [0.5, 0.6) is 0 Å². The molecular formula is C59H41NO2. The van der Waals surface area contributed by atoms with E-state index in [0.29, 0.717) is 11.1 Å². The second-order valence-corrected chi connectivity index (χ2v) is 18.7. The maximum atomic E-state index is 14.4. The molecule has 3 nitrogen and oxygen atoms in total. The van der Waals surface area contributed by atoms with E-state index in [4.69, 9.17) is 0 Å². The lowest BCUT2D eigenvalue weighted by Gasteiger charge is -2.33. The summed E-state index contributed by atoms with van der Waals surface area (Å²) in [6.45, 7) is 9.34. The summed E-state index contributed by atoms with van der Waals surface area (Å²) in [5.74, 6) is -0.462. The highest BCUT2D eigenvalue weighted by Gasteiger charge is 2.56. The minimum absolute atomic E-state index is 0.191. The van der Waals surface area contributed by atoms with Gasteiger partial charge in [0.2, 0.25) is 0 Å². The number of hydrogen-bond acceptors (Lipinski definition) is 3. The first kappa shape index (κ1) is 35.4. The molecule has 4 aliphatic carbocycles. The van der Waals surface area contributed by atoms with Crippen molar-refractivity contribution in [2.45, 2.75) is 43.9 Å². The van der Waals surface area contributed by atoms with Gasteiger partial charge in [0.15, 0.2) is 11.6 Å². The molecule has 3 heteroatoms. The molecule has 294 valence electrons. The van der Waals surface area contributed by atoms with Crippen LogP contribution in [-0.2, 0) is 16.2 Å². The van der Waals surface area contributed by atoms with Crippen molar-refractivity contribution in [1.29, 1.82) is 0 Å². The van der Waals surface area contributed by atoms with Crippen molar-refractivity contribution in [3.05, 3.63) is 237 Å². The van der Waals surface area contributed by atoms with E-state index in [2.05, 4.69) is 166 Å². The molecule has 1 heterocycles. The van der Waals surface area contributed by atoms with E-state index in [-0.39, 0.29) is 28.0 Å². The third kappa shape index (κ3) is 4.25. The van der Waals surface area contributed by atoms with E-state index in [1.165, 1.54) is 72.3 Å². The molecule has 0 saturated heterocycles. The van der Waals surface area contributed by atoms with Crippen LogP contribution < -0.4 is 4.90 Å². The number of carbonyl (C=O) groups excluding carboxylic acids is 2. The number of nitrogens with zero attached hydrogens (tertiary/aromatic N) is 1. The molecule has 13 rings (SSSR count). The summed E-state index contributed by atoms with van der Waals surface area (Å²) in [5.41, 5.74) is 19.2. The van der Waals surface area contributed by atoms with E-state index in [1.807, 2.05) is 42.5 Å². The molecule has 5 aliphatic rings. The Labute approximate surface area is 361 Å². The molecule has 0 radical (unpaired) electrons. The number of rotatable bonds is 2. The van der Waals surface area contributed by atoms with Crippen LogP contribution in [0.25, 0.3) is 44.2 Å². The largest absolute Gasteiger partial charge is 0.312 e. The first-order chi connectivity index (χ1) is 30.1. The van der Waals surface area contributed by atoms with Crippen molar-refractivity contribution in [2.75, 3.05) is 4.90 Å². The lowest BCUT2D eigenvalue weighted by atomic mass is 9.70. The molecule has 0 fully saturated rings. The number of anilines is 2. The summed E-state index contributed by atoms with van der Waals surface area (Å²) < 4.78 is 0. The lowest BCUT2D eigenvalue weighted by Crippen LogP contribution is -2.30. The lowest BCUT2D eigenvalue weighted by molar-refractivity contribution is 0.0988. The van der Waals surface area contributed by atoms with E-state index in [9.17, 15) is 9.59 Å². The average Bonchev–Trinajstić information content (AvgIpc) is 3.98. The summed E-state index contributed by atoms with van der Waals surface area (Å²) >= 11 is 0. The van der Waals surface area contributed by atoms with Gasteiger partial charge in [-0.2, -0.15) is 0 Å². The van der Waals surface area contributed by atoms with Crippen LogP contribution in [0, 0.1) is 0 Å². The molecule has 8 aromatic carbocycles. The van der Waals surface area contributed by atoms with Crippen LogP contribution in [0.3, 0.4) is 0 Å². The first-order valence-corrected chi connectivity index (χ1v) is 21.7. The summed E-state index contributed by atoms with van der Waals surface area (Å²) in [4.78, 5) is 31.3. The van der Waals surface area contributed by atoms with Gasteiger partial charge in [-0.05, 0) is 132 Å². The van der Waals surface area contributed by atoms with Crippen molar-refractivity contribution in [1.82, 2.24) is 0 Å². The Morgan fingerprint density at radius 2 is 0.839 bits per heavy atom. The predicted octanol–water partition coefficient (Wildman–Crippen LogP) is 13.8. The summed E-state index contributed by atoms with van der Waals surface area (Å²) in [6.07, 6.45) is 3.93. The highest BCUT2D eigenvalue weighted by Crippen LogP contribution is 2.66. The van der Waals surface area contributed by atoms with Gasteiger partial charge in [-0.3, -0.25) is 9.59 Å². The van der Waals surface area contributed by atoms with Gasteiger partial charge in [0.25, 0.3) is 0 Å². The molecule has 0 saturated carbocycles. The van der Waals surface area contributed by atoms with Crippen molar-refractivity contribution in [3.63, 3.8) is 0 Å². The van der Waals surface area contributed by atoms with Crippen LogP contribution in [0.2, 0.25) is 0 Å². The number of Topliss-reactive ketones (excluding diaryl/α,β-unsaturated/α-hetero) is 2. The molecular weight excluding hydrogens is 755 g/mol. The number of allylic oxidation sites excluding steroid dienone is 4. The molecule has 0 unspecified atom stereocenters. The van der Waals surface area contributed by atoms with Gasteiger partial charge in [0.1, 0.15) is 0 Å². The Bertz CT molecular complexity index is 3360. The van der Waals surface area contributed by atoms with Crippen LogP contribution in [-0.4, -0.2) is 11.6 Å². The highest BCUT2D eigenvalue weighted by atomic mass is 16.2. The van der Waals surface area contributed by atoms with Crippen molar-refractivity contribution >= 4 is 33.7 Å². The van der Waals surface area contributed by atoms with Gasteiger partial charge >= 0.3 is 0 Å². The molecule has 8 aromatic rings. The third-order valence-electron chi connectivity index (χ3n) is 15.0. The second-order valence-electron chi connectivity index (χ2n) is 18.7. The second kappa shape index (κ2) is 11.9. The molecule has 62 heavy (non-hydrogen) atoms. The first-order valence-electron chi connectivity index (χ1n) is 21.7. The van der Waals surface area contributed by atoms with E-state index in [1.54, 1.807) is 0 Å². The smallest absolute Gasteiger partial charge is 0.197 e. The van der Waals surface area contributed by atoms with Gasteiger partial charge in [-0.25, -0.2) is 0 Å². The maximum absolute atomic E-state index is 14.4. The predicted molar refractivity (Wildman–Crippen MR) is 251 cm³/mol. The minimum atomic E-state index is -0.778. The third-order valence-corrected chi connectivity index (χ3v) is 15.0. The Kier molecular flexibility index (Phi) is 6.81. The summed E-state index contributed by atoms with van der Waals surface area (Å²) in [5, 5.41) is 1.89. The zero-order valence-corrected chi connectivity index (χ0v) is 35.0. The normalized spacial score (nSPS) is 17.8. The maximum Gasteiger partial charge on any atom is 0.197 e. The molecule has 0 amide bonds. The van der Waals surface area contributed by atoms with Gasteiger partial charge < -0.3 is 4.90 Å². The van der Waals surface area contributed by atoms with Crippen LogP contribution in [0.1, 0.15) is 87.4 Å². The number of fused-ring (bicyclic) bond motifs is 15. The molecule has 1 spiro atoms. The summed E-state index contributed by atoms with van der Waals surface area (Å²) in [7, 11) is 0. The van der Waals surface area contributed by atoms with Gasteiger partial charge in [-0.15, -0.1) is 0 Å². The van der Waals surface area contributed by atoms with E-state index in [0.717, 1.165) is 27.8 Å². The number of carbonyl (C=O) groups is 2. The molecule has 0 N–H and O–H groups in total. The van der Waals surface area contributed by atoms with Gasteiger partial charge in [0.05, 0.1) is 16.7 Å². The highest BCUT2D eigenvalue weighted by molar-refractivity contribution is 6.40. The van der Waals surface area contributed by atoms with E-state index < -0.39 is 5.41 Å². The zero-order valence-electron chi connectivity index (χ0n) is 35.0. The molecule has 0 atom stereocenters. The number of ketones is 2. The fourth-order valence-corrected chi connectivity index (χ4v) is 12.1. The quantitative estimate of drug-likeness (QED) is 0.129. The fraction of sp³-hybridized carbons (Fsp3) is 0.119. The zero-order chi connectivity index (χ0) is 41.9. The number of hydrogen-bond donors (Lipinski definition) is 0. The number of benzene rings is 8. The standard InChI is InChI=1S/C59H41NO2/c1-57(2)46-21-11-7-17-37(46)41-26-25-36(31-50(41)57)60-53-33-51-43(40-20-8-12-22-47(40)58(51,3)4)32-52(53)59(48-23-13-9-18-38(48)39-19-10-14-24-49(39)59)54(60)28-27-42-55(61)44-29-34-15-5-6-16-35(34)30-45(44)56(42)62/h5-33H,1-4H3/b54-28-. The van der Waals surface area contributed by atoms with Crippen LogP contribution in [0.15, 0.2) is 187 Å². The Balaban J connectivity index is 1.13. The van der Waals surface area contributed by atoms with Crippen molar-refractivity contribution in [2.24, 2.45) is 0 Å². The summed E-state index contributed by atoms with van der Waals surface area (Å²) in [6, 6.07) is 58.8. The molecule has 1 aliphatic heterocycles. The Morgan fingerprint density at radius 1 is 0.387 bits per heavy atom. The van der Waals surface area contributed by atoms with Gasteiger partial charge in [-0.1, -0.05) is 155 Å². The minimum Gasteiger partial charge on any atom is -0.312 e. The Morgan fingerprint density at radius 3 is 1.40 bits per heavy atom. The van der Waals surface area contributed by atoms with Gasteiger partial charge in [0, 0.05) is 33.3 Å².